The summed E-state index contributed by atoms with van der Waals surface area (Å²) in [5.41, 5.74) is 2.23. The third-order valence-electron chi connectivity index (χ3n) is 4.25. The van der Waals surface area contributed by atoms with Gasteiger partial charge in [-0.3, -0.25) is 4.79 Å². The third kappa shape index (κ3) is 3.59. The second-order valence-corrected chi connectivity index (χ2v) is 7.19. The normalized spacial score (nSPS) is 10.9. The van der Waals surface area contributed by atoms with Crippen molar-refractivity contribution >= 4 is 27.9 Å². The Morgan fingerprint density at radius 1 is 1.18 bits per heavy atom. The molecule has 4 aromatic rings. The molecule has 0 radical (unpaired) electrons. The fourth-order valence-electron chi connectivity index (χ4n) is 2.82. The van der Waals surface area contributed by atoms with Crippen molar-refractivity contribution in [1.29, 1.82) is 0 Å². The first-order chi connectivity index (χ1) is 13.7. The topological polar surface area (TPSA) is 81.4 Å². The lowest BCUT2D eigenvalue weighted by atomic mass is 10.2. The number of hydrogen-bond acceptors (Lipinski definition) is 6. The van der Waals surface area contributed by atoms with Crippen LogP contribution < -0.4 is 10.1 Å². The van der Waals surface area contributed by atoms with Crippen molar-refractivity contribution in [3.05, 3.63) is 59.9 Å². The Bertz CT molecular complexity index is 1120. The molecule has 0 aliphatic rings. The molecule has 1 N–H and O–H groups in total. The van der Waals surface area contributed by atoms with Gasteiger partial charge in [-0.05, 0) is 48.9 Å². The highest BCUT2D eigenvalue weighted by atomic mass is 32.1. The molecular weight excluding hydrogens is 374 g/mol. The number of hydrogen-bond donors (Lipinski definition) is 1. The molecule has 2 aromatic heterocycles. The van der Waals surface area contributed by atoms with Crippen LogP contribution in [0.1, 0.15) is 29.5 Å². The van der Waals surface area contributed by atoms with E-state index in [2.05, 4.69) is 27.5 Å². The predicted octanol–water partition coefficient (Wildman–Crippen LogP) is 4.07. The minimum atomic E-state index is -0.186. The summed E-state index contributed by atoms with van der Waals surface area (Å²) in [5, 5.41) is 16.8. The molecular formula is C20H19N5O2S. The minimum Gasteiger partial charge on any atom is -0.497 e. The van der Waals surface area contributed by atoms with E-state index < -0.39 is 0 Å². The van der Waals surface area contributed by atoms with Crippen molar-refractivity contribution in [3.63, 3.8) is 0 Å². The molecule has 2 heterocycles. The van der Waals surface area contributed by atoms with E-state index in [1.807, 2.05) is 28.8 Å². The first kappa shape index (κ1) is 18.1. The molecule has 0 saturated heterocycles. The van der Waals surface area contributed by atoms with E-state index >= 15 is 0 Å². The van der Waals surface area contributed by atoms with Crippen LogP contribution in [0.4, 0.5) is 5.69 Å². The Morgan fingerprint density at radius 2 is 2.00 bits per heavy atom. The van der Waals surface area contributed by atoms with Gasteiger partial charge in [0.1, 0.15) is 10.8 Å². The Balaban J connectivity index is 1.51. The highest BCUT2D eigenvalue weighted by Crippen LogP contribution is 2.27. The average molecular weight is 393 g/mol. The molecule has 28 heavy (non-hydrogen) atoms. The van der Waals surface area contributed by atoms with Gasteiger partial charge in [0, 0.05) is 23.2 Å². The SMILES string of the molecule is CCCc1nnc2sc(-c3ccc(NC(=O)c4cccc(OC)c4)cc3)nn12. The molecule has 0 fully saturated rings. The van der Waals surface area contributed by atoms with Gasteiger partial charge in [0.25, 0.3) is 5.91 Å². The van der Waals surface area contributed by atoms with Crippen LogP contribution in [0.15, 0.2) is 48.5 Å². The van der Waals surface area contributed by atoms with Crippen molar-refractivity contribution in [2.24, 2.45) is 0 Å². The van der Waals surface area contributed by atoms with Gasteiger partial charge in [-0.25, -0.2) is 0 Å². The van der Waals surface area contributed by atoms with Gasteiger partial charge in [-0.15, -0.1) is 10.2 Å². The maximum atomic E-state index is 12.4. The molecule has 0 bridgehead atoms. The highest BCUT2D eigenvalue weighted by molar-refractivity contribution is 7.19. The van der Waals surface area contributed by atoms with E-state index in [9.17, 15) is 4.79 Å². The maximum absolute atomic E-state index is 12.4. The van der Waals surface area contributed by atoms with Crippen molar-refractivity contribution in [3.8, 4) is 16.3 Å². The number of amides is 1. The number of ether oxygens (including phenoxy) is 1. The van der Waals surface area contributed by atoms with E-state index in [0.717, 1.165) is 34.2 Å². The standard InChI is InChI=1S/C20H19N5O2S/c1-3-5-17-22-23-20-25(17)24-19(28-20)13-8-10-15(11-9-13)21-18(26)14-6-4-7-16(12-14)27-2/h4,6-12H,3,5H2,1-2H3,(H,21,26). The number of carbonyl (C=O) groups excluding carboxylic acids is 1. The summed E-state index contributed by atoms with van der Waals surface area (Å²) in [6.07, 6.45) is 1.84. The van der Waals surface area contributed by atoms with Crippen LogP contribution in [0.3, 0.4) is 0 Å². The van der Waals surface area contributed by atoms with Crippen LogP contribution in [0.2, 0.25) is 0 Å². The van der Waals surface area contributed by atoms with E-state index in [1.165, 1.54) is 11.3 Å². The minimum absolute atomic E-state index is 0.186. The number of anilines is 1. The van der Waals surface area contributed by atoms with Gasteiger partial charge in [0.15, 0.2) is 5.82 Å². The number of benzene rings is 2. The zero-order chi connectivity index (χ0) is 19.5. The molecule has 1 amide bonds. The lowest BCUT2D eigenvalue weighted by Crippen LogP contribution is -2.11. The number of nitrogens with one attached hydrogen (secondary N) is 1. The van der Waals surface area contributed by atoms with Crippen molar-refractivity contribution in [2.45, 2.75) is 19.8 Å². The molecule has 4 rings (SSSR count). The molecule has 0 atom stereocenters. The zero-order valence-electron chi connectivity index (χ0n) is 15.5. The summed E-state index contributed by atoms with van der Waals surface area (Å²) in [7, 11) is 1.58. The molecule has 0 unspecified atom stereocenters. The van der Waals surface area contributed by atoms with Crippen LogP contribution in [-0.4, -0.2) is 32.8 Å². The third-order valence-corrected chi connectivity index (χ3v) is 5.20. The lowest BCUT2D eigenvalue weighted by Gasteiger charge is -2.07. The van der Waals surface area contributed by atoms with Gasteiger partial charge >= 0.3 is 0 Å². The number of carbonyl (C=O) groups is 1. The molecule has 0 aliphatic carbocycles. The summed E-state index contributed by atoms with van der Waals surface area (Å²) in [6.45, 7) is 2.10. The van der Waals surface area contributed by atoms with Crippen LogP contribution >= 0.6 is 11.3 Å². The molecule has 0 saturated carbocycles. The van der Waals surface area contributed by atoms with E-state index in [0.29, 0.717) is 17.0 Å². The Labute approximate surface area is 166 Å². The number of fused-ring (bicyclic) bond motifs is 1. The monoisotopic (exact) mass is 393 g/mol. The fraction of sp³-hybridized carbons (Fsp3) is 0.200. The average Bonchev–Trinajstić information content (AvgIpc) is 3.31. The number of nitrogens with zero attached hydrogens (tertiary/aromatic N) is 4. The molecule has 7 nitrogen and oxygen atoms in total. The Morgan fingerprint density at radius 3 is 2.75 bits per heavy atom. The number of methoxy groups -OCH3 is 1. The lowest BCUT2D eigenvalue weighted by molar-refractivity contribution is 0.102. The quantitative estimate of drug-likeness (QED) is 0.534. The van der Waals surface area contributed by atoms with E-state index in [-0.39, 0.29) is 5.91 Å². The van der Waals surface area contributed by atoms with Gasteiger partial charge in [-0.2, -0.15) is 9.61 Å². The van der Waals surface area contributed by atoms with Crippen molar-refractivity contribution < 1.29 is 9.53 Å². The van der Waals surface area contributed by atoms with Crippen LogP contribution in [0.5, 0.6) is 5.75 Å². The van der Waals surface area contributed by atoms with E-state index in [1.54, 1.807) is 31.4 Å². The second-order valence-electron chi connectivity index (χ2n) is 6.23. The van der Waals surface area contributed by atoms with Crippen LogP contribution in [0.25, 0.3) is 15.5 Å². The number of rotatable bonds is 6. The van der Waals surface area contributed by atoms with Crippen LogP contribution in [-0.2, 0) is 6.42 Å². The van der Waals surface area contributed by atoms with Gasteiger partial charge in [0.2, 0.25) is 4.96 Å². The number of aryl methyl sites for hydroxylation is 1. The highest BCUT2D eigenvalue weighted by Gasteiger charge is 2.13. The van der Waals surface area contributed by atoms with Gasteiger partial charge in [-0.1, -0.05) is 24.3 Å². The predicted molar refractivity (Wildman–Crippen MR) is 109 cm³/mol. The molecule has 0 spiro atoms. The van der Waals surface area contributed by atoms with Crippen LogP contribution in [0, 0.1) is 0 Å². The van der Waals surface area contributed by atoms with Crippen molar-refractivity contribution in [2.75, 3.05) is 12.4 Å². The summed E-state index contributed by atoms with van der Waals surface area (Å²) < 4.78 is 6.97. The first-order valence-corrected chi connectivity index (χ1v) is 9.76. The second kappa shape index (κ2) is 7.77. The Hall–Kier alpha value is -3.26. The molecule has 142 valence electrons. The number of aromatic nitrogens is 4. The smallest absolute Gasteiger partial charge is 0.255 e. The Kier molecular flexibility index (Phi) is 5.03. The van der Waals surface area contributed by atoms with Gasteiger partial charge < -0.3 is 10.1 Å². The van der Waals surface area contributed by atoms with Crippen molar-refractivity contribution in [1.82, 2.24) is 19.8 Å². The molecule has 8 heteroatoms. The summed E-state index contributed by atoms with van der Waals surface area (Å²) >= 11 is 1.49. The van der Waals surface area contributed by atoms with E-state index in [4.69, 9.17) is 4.74 Å². The summed E-state index contributed by atoms with van der Waals surface area (Å²) in [6, 6.07) is 14.6. The summed E-state index contributed by atoms with van der Waals surface area (Å²) in [5.74, 6) is 1.34. The van der Waals surface area contributed by atoms with Gasteiger partial charge in [0.05, 0.1) is 7.11 Å². The fourth-order valence-corrected chi connectivity index (χ4v) is 3.68. The largest absolute Gasteiger partial charge is 0.497 e. The summed E-state index contributed by atoms with van der Waals surface area (Å²) in [4.78, 5) is 13.2. The molecule has 2 aromatic carbocycles. The molecule has 0 aliphatic heterocycles. The first-order valence-electron chi connectivity index (χ1n) is 8.95. The zero-order valence-corrected chi connectivity index (χ0v) is 16.4. The maximum Gasteiger partial charge on any atom is 0.255 e.